The number of ketones is 1. The zero-order chi connectivity index (χ0) is 23.4. The summed E-state index contributed by atoms with van der Waals surface area (Å²) in [7, 11) is 3.00. The standard InChI is InChI=1S/C26H22N2O5/c1-32-21-14-10-19(11-15-21)24(29)22-23(18-6-4-3-5-7-18)28(26(31)25(22)30)20-12-8-17(9-13-20)16-27-33-2/h3-16,23,29H,1-2H3/b24-22?,27-16+. The van der Waals surface area contributed by atoms with Crippen molar-refractivity contribution in [3.8, 4) is 5.75 Å². The quantitative estimate of drug-likeness (QED) is 0.202. The van der Waals surface area contributed by atoms with Crippen LogP contribution in [-0.2, 0) is 14.4 Å². The Hall–Kier alpha value is -4.39. The molecule has 0 radical (unpaired) electrons. The summed E-state index contributed by atoms with van der Waals surface area (Å²) >= 11 is 0. The van der Waals surface area contributed by atoms with Gasteiger partial charge in [0.25, 0.3) is 11.7 Å². The predicted octanol–water partition coefficient (Wildman–Crippen LogP) is 4.30. The van der Waals surface area contributed by atoms with E-state index in [1.807, 2.05) is 30.3 Å². The number of aliphatic hydroxyl groups excluding tert-OH is 1. The van der Waals surface area contributed by atoms with Gasteiger partial charge in [-0.2, -0.15) is 0 Å². The topological polar surface area (TPSA) is 88.4 Å². The molecule has 0 spiro atoms. The molecule has 1 amide bonds. The van der Waals surface area contributed by atoms with Crippen molar-refractivity contribution in [1.82, 2.24) is 0 Å². The van der Waals surface area contributed by atoms with E-state index in [9.17, 15) is 14.7 Å². The highest BCUT2D eigenvalue weighted by Gasteiger charge is 2.46. The molecule has 0 aromatic heterocycles. The van der Waals surface area contributed by atoms with Crippen LogP contribution < -0.4 is 9.64 Å². The molecule has 7 heteroatoms. The number of nitrogens with zero attached hydrogens (tertiary/aromatic N) is 2. The highest BCUT2D eigenvalue weighted by Crippen LogP contribution is 2.42. The minimum Gasteiger partial charge on any atom is -0.507 e. The third-order valence-electron chi connectivity index (χ3n) is 5.40. The molecule has 4 rings (SSSR count). The van der Waals surface area contributed by atoms with Gasteiger partial charge >= 0.3 is 0 Å². The molecule has 1 aliphatic heterocycles. The van der Waals surface area contributed by atoms with Gasteiger partial charge < -0.3 is 14.7 Å². The van der Waals surface area contributed by atoms with Crippen LogP contribution in [0.4, 0.5) is 5.69 Å². The number of hydrogen-bond acceptors (Lipinski definition) is 6. The van der Waals surface area contributed by atoms with Crippen molar-refractivity contribution < 1.29 is 24.3 Å². The number of rotatable bonds is 6. The third-order valence-corrected chi connectivity index (χ3v) is 5.40. The van der Waals surface area contributed by atoms with Crippen LogP contribution in [0.3, 0.4) is 0 Å². The first-order valence-corrected chi connectivity index (χ1v) is 10.2. The monoisotopic (exact) mass is 442 g/mol. The minimum atomic E-state index is -0.785. The fourth-order valence-corrected chi connectivity index (χ4v) is 3.79. The summed E-state index contributed by atoms with van der Waals surface area (Å²) in [5, 5.41) is 14.8. The molecule has 0 aliphatic carbocycles. The molecule has 1 heterocycles. The Bertz CT molecular complexity index is 1220. The molecule has 3 aromatic rings. The maximum absolute atomic E-state index is 13.2. The van der Waals surface area contributed by atoms with Gasteiger partial charge in [0.2, 0.25) is 0 Å². The second kappa shape index (κ2) is 9.40. The lowest BCUT2D eigenvalue weighted by Crippen LogP contribution is -2.29. The Kier molecular flexibility index (Phi) is 6.22. The lowest BCUT2D eigenvalue weighted by atomic mass is 9.95. The van der Waals surface area contributed by atoms with Crippen LogP contribution in [0.5, 0.6) is 5.75 Å². The highest BCUT2D eigenvalue weighted by atomic mass is 16.6. The van der Waals surface area contributed by atoms with E-state index in [4.69, 9.17) is 9.57 Å². The first kappa shape index (κ1) is 21.8. The highest BCUT2D eigenvalue weighted by molar-refractivity contribution is 6.51. The third kappa shape index (κ3) is 4.21. The Morgan fingerprint density at radius 2 is 1.61 bits per heavy atom. The molecule has 33 heavy (non-hydrogen) atoms. The van der Waals surface area contributed by atoms with E-state index in [1.165, 1.54) is 18.2 Å². The Morgan fingerprint density at radius 3 is 2.21 bits per heavy atom. The largest absolute Gasteiger partial charge is 0.507 e. The number of hydrogen-bond donors (Lipinski definition) is 1. The van der Waals surface area contributed by atoms with E-state index in [0.29, 0.717) is 22.6 Å². The van der Waals surface area contributed by atoms with Gasteiger partial charge in [-0.15, -0.1) is 0 Å². The maximum Gasteiger partial charge on any atom is 0.300 e. The first-order valence-electron chi connectivity index (χ1n) is 10.2. The fraction of sp³-hybridized carbons (Fsp3) is 0.115. The molecule has 1 aliphatic rings. The molecule has 1 atom stereocenters. The van der Waals surface area contributed by atoms with Crippen molar-refractivity contribution in [1.29, 1.82) is 0 Å². The number of anilines is 1. The summed E-state index contributed by atoms with van der Waals surface area (Å²) in [5.74, 6) is -1.08. The summed E-state index contributed by atoms with van der Waals surface area (Å²) in [4.78, 5) is 32.4. The number of benzene rings is 3. The zero-order valence-corrected chi connectivity index (χ0v) is 18.1. The number of oxime groups is 1. The Morgan fingerprint density at radius 1 is 0.939 bits per heavy atom. The zero-order valence-electron chi connectivity index (χ0n) is 18.1. The van der Waals surface area contributed by atoms with Gasteiger partial charge in [-0.05, 0) is 47.5 Å². The molecular weight excluding hydrogens is 420 g/mol. The number of methoxy groups -OCH3 is 1. The van der Waals surface area contributed by atoms with Gasteiger partial charge in [0.05, 0.1) is 24.9 Å². The van der Waals surface area contributed by atoms with Crippen molar-refractivity contribution in [2.45, 2.75) is 6.04 Å². The van der Waals surface area contributed by atoms with Gasteiger partial charge in [-0.1, -0.05) is 47.6 Å². The van der Waals surface area contributed by atoms with Gasteiger partial charge in [0.1, 0.15) is 18.6 Å². The predicted molar refractivity (Wildman–Crippen MR) is 125 cm³/mol. The molecule has 1 fully saturated rings. The number of Topliss-reactive ketones (excluding diaryl/α,β-unsaturated/α-hetero) is 1. The lowest BCUT2D eigenvalue weighted by molar-refractivity contribution is -0.132. The molecule has 0 saturated carbocycles. The van der Waals surface area contributed by atoms with Crippen molar-refractivity contribution in [3.63, 3.8) is 0 Å². The Balaban J connectivity index is 1.84. The smallest absolute Gasteiger partial charge is 0.300 e. The average molecular weight is 442 g/mol. The average Bonchev–Trinajstić information content (AvgIpc) is 3.13. The summed E-state index contributed by atoms with van der Waals surface area (Å²) in [6.07, 6.45) is 1.54. The van der Waals surface area contributed by atoms with E-state index < -0.39 is 17.7 Å². The summed E-state index contributed by atoms with van der Waals surface area (Å²) < 4.78 is 5.17. The maximum atomic E-state index is 13.2. The van der Waals surface area contributed by atoms with Crippen LogP contribution in [-0.4, -0.2) is 37.2 Å². The van der Waals surface area contributed by atoms with Crippen molar-refractivity contribution in [2.75, 3.05) is 19.1 Å². The van der Waals surface area contributed by atoms with Crippen molar-refractivity contribution in [2.24, 2.45) is 5.16 Å². The number of carbonyl (C=O) groups excluding carboxylic acids is 2. The van der Waals surface area contributed by atoms with E-state index >= 15 is 0 Å². The van der Waals surface area contributed by atoms with E-state index in [-0.39, 0.29) is 11.3 Å². The molecule has 1 N–H and O–H groups in total. The normalized spacial score (nSPS) is 17.5. The van der Waals surface area contributed by atoms with Gasteiger partial charge in [0.15, 0.2) is 0 Å². The molecule has 1 saturated heterocycles. The van der Waals surface area contributed by atoms with Crippen LogP contribution in [0, 0.1) is 0 Å². The number of carbonyl (C=O) groups is 2. The number of aliphatic hydroxyl groups is 1. The SMILES string of the molecule is CO/N=C/c1ccc(N2C(=O)C(=O)C(=C(O)c3ccc(OC)cc3)C2c2ccccc2)cc1. The minimum absolute atomic E-state index is 0.0291. The Labute approximate surface area is 191 Å². The number of ether oxygens (including phenoxy) is 1. The van der Waals surface area contributed by atoms with Crippen LogP contribution >= 0.6 is 0 Å². The van der Waals surface area contributed by atoms with Crippen LogP contribution in [0.25, 0.3) is 5.76 Å². The van der Waals surface area contributed by atoms with E-state index in [2.05, 4.69) is 5.16 Å². The fourth-order valence-electron chi connectivity index (χ4n) is 3.79. The van der Waals surface area contributed by atoms with Gasteiger partial charge in [-0.3, -0.25) is 14.5 Å². The van der Waals surface area contributed by atoms with E-state index in [1.54, 1.807) is 55.6 Å². The molecule has 3 aromatic carbocycles. The molecular formula is C26H22N2O5. The molecule has 7 nitrogen and oxygen atoms in total. The summed E-state index contributed by atoms with van der Waals surface area (Å²) in [6, 6.07) is 22.0. The van der Waals surface area contributed by atoms with Crippen LogP contribution in [0.2, 0.25) is 0 Å². The van der Waals surface area contributed by atoms with Crippen LogP contribution in [0.15, 0.2) is 89.6 Å². The molecule has 166 valence electrons. The first-order chi connectivity index (χ1) is 16.0. The van der Waals surface area contributed by atoms with Crippen molar-refractivity contribution >= 4 is 29.4 Å². The van der Waals surface area contributed by atoms with Crippen molar-refractivity contribution in [3.05, 3.63) is 101 Å². The van der Waals surface area contributed by atoms with Gasteiger partial charge in [-0.25, -0.2) is 0 Å². The summed E-state index contributed by atoms with van der Waals surface area (Å²) in [6.45, 7) is 0. The lowest BCUT2D eigenvalue weighted by Gasteiger charge is -2.25. The second-order valence-electron chi connectivity index (χ2n) is 7.32. The van der Waals surface area contributed by atoms with Gasteiger partial charge in [0, 0.05) is 11.3 Å². The number of amides is 1. The summed E-state index contributed by atoms with van der Waals surface area (Å²) in [5.41, 5.74) is 2.44. The second-order valence-corrected chi connectivity index (χ2v) is 7.32. The van der Waals surface area contributed by atoms with E-state index in [0.717, 1.165) is 5.56 Å². The molecule has 1 unspecified atom stereocenters. The molecule has 0 bridgehead atoms. The van der Waals surface area contributed by atoms with Crippen LogP contribution in [0.1, 0.15) is 22.7 Å².